The number of amides is 2. The monoisotopic (exact) mass is 1820 g/mol. The number of aromatic amines is 1. The van der Waals surface area contributed by atoms with Gasteiger partial charge in [0, 0.05) is 150 Å². The number of benzene rings is 12. The second kappa shape index (κ2) is 39.0. The highest BCUT2D eigenvalue weighted by molar-refractivity contribution is 6.24. The molecule has 8 unspecified atom stereocenters. The molecule has 20 heteroatoms. The first-order chi connectivity index (χ1) is 67.5. The summed E-state index contributed by atoms with van der Waals surface area (Å²) in [6, 6.07) is 101. The first-order valence-electron chi connectivity index (χ1n) is 48.9. The number of ketones is 3. The molecule has 0 bridgehead atoms. The maximum atomic E-state index is 12.8. The van der Waals surface area contributed by atoms with Gasteiger partial charge in [0.05, 0.1) is 76.1 Å². The number of allylic oxidation sites excluding steroid dienone is 1. The predicted octanol–water partition coefficient (Wildman–Crippen LogP) is 20.2. The van der Waals surface area contributed by atoms with Gasteiger partial charge in [0.15, 0.2) is 17.3 Å². The molecule has 692 valence electrons. The standard InChI is InChI=1S/C34H34N4O2.C33H32N4O2.C26H25N3O.C25H23N3O/c1-22(37-15-17-38(18-16-37)34(40)25-13-14-25)19-23-7-5-10-26(20-23)30-32(24-8-3-2-4-9-24)36-28-12-6-11-27-29(39)21-35-33(30)31(27)28;1-21(36-15-17-37(18-16-36)33(39)23-13-14-23)24-9-5-10-25(19-24)29-31(22-7-3-2-4-8-22)35-27-12-6-11-26-28(38)20-34-32(29)30(26)27;1-29(2)16-17-8-6-11-19(14-17)23-25(18-9-4-3-5-10-18)28-21-13-7-12-20-22(30)15-27-26(23)24(20)21;1-2-8-16-9-6-12-18(15-16)23-21(17-10-4-3-5-11-17)24-22-19(25(29)28-27-24)13-7-14-20(22)26-23/h2-12,20,25,30,32,36H,1,13-19,21H2;2-12,19,23,29,31,35H,1,13-18,20H2;3-14,23,25,28H,15-16H2,1-2H3;3-7,9-15,21,23,26H,2,8H2,1H3,(H,28,29). The highest BCUT2D eigenvalue weighted by atomic mass is 16.2. The Morgan fingerprint density at radius 2 is 0.746 bits per heavy atom. The van der Waals surface area contributed by atoms with E-state index in [0.717, 1.165) is 211 Å². The molecule has 5 N–H and O–H groups in total. The summed E-state index contributed by atoms with van der Waals surface area (Å²) in [5.74, 6) is 1.38. The lowest BCUT2D eigenvalue weighted by Gasteiger charge is -2.39. The third-order valence-corrected chi connectivity index (χ3v) is 29.1. The number of hydrogen-bond acceptors (Lipinski definition) is 17. The Bertz CT molecular complexity index is 7050. The van der Waals surface area contributed by atoms with Crippen LogP contribution in [0.2, 0.25) is 0 Å². The molecule has 0 radical (unpaired) electrons. The lowest BCUT2D eigenvalue weighted by atomic mass is 9.75. The zero-order chi connectivity index (χ0) is 94.2. The summed E-state index contributed by atoms with van der Waals surface area (Å²) in [6.07, 6.45) is 7.14. The van der Waals surface area contributed by atoms with Crippen LogP contribution in [-0.2, 0) is 29.0 Å². The van der Waals surface area contributed by atoms with Crippen LogP contribution in [0.4, 0.5) is 22.7 Å². The van der Waals surface area contributed by atoms with Crippen LogP contribution in [0.5, 0.6) is 0 Å². The Hall–Kier alpha value is -15.0. The van der Waals surface area contributed by atoms with Crippen LogP contribution in [0.3, 0.4) is 0 Å². The number of H-pyrrole nitrogens is 1. The minimum absolute atomic E-state index is 0.00215. The van der Waals surface area contributed by atoms with E-state index < -0.39 is 0 Å². The van der Waals surface area contributed by atoms with Gasteiger partial charge in [-0.2, -0.15) is 5.10 Å². The van der Waals surface area contributed by atoms with Crippen LogP contribution >= 0.6 is 0 Å². The minimum Gasteiger partial charge on any atom is -0.377 e. The van der Waals surface area contributed by atoms with Crippen molar-refractivity contribution in [3.8, 4) is 0 Å². The summed E-state index contributed by atoms with van der Waals surface area (Å²) in [6.45, 7) is 18.9. The molecule has 4 fully saturated rings. The summed E-state index contributed by atoms with van der Waals surface area (Å²) < 4.78 is 0. The molecular formula is C118H114N14O6. The minimum atomic E-state index is -0.150. The van der Waals surface area contributed by atoms with E-state index in [9.17, 15) is 28.8 Å². The number of carbonyl (C=O) groups is 5. The van der Waals surface area contributed by atoms with Crippen LogP contribution in [0, 0.1) is 11.8 Å². The van der Waals surface area contributed by atoms with Gasteiger partial charge >= 0.3 is 0 Å². The summed E-state index contributed by atoms with van der Waals surface area (Å²) in [7, 11) is 4.17. The topological polar surface area (TPSA) is 232 Å². The van der Waals surface area contributed by atoms with Gasteiger partial charge in [-0.25, -0.2) is 5.10 Å². The zero-order valence-electron chi connectivity index (χ0n) is 78.3. The molecule has 8 atom stereocenters. The van der Waals surface area contributed by atoms with Crippen molar-refractivity contribution in [1.29, 1.82) is 0 Å². The van der Waals surface area contributed by atoms with E-state index in [-0.39, 0.29) is 102 Å². The van der Waals surface area contributed by atoms with Crippen molar-refractivity contribution in [2.75, 3.05) is 107 Å². The van der Waals surface area contributed by atoms with E-state index in [1.165, 1.54) is 55.6 Å². The molecule has 2 amide bonds. The average molecular weight is 1820 g/mol. The van der Waals surface area contributed by atoms with Crippen molar-refractivity contribution >= 4 is 85.5 Å². The van der Waals surface area contributed by atoms with Gasteiger partial charge in [-0.1, -0.05) is 281 Å². The van der Waals surface area contributed by atoms with Gasteiger partial charge in [-0.05, 0) is 149 Å². The van der Waals surface area contributed by atoms with Crippen molar-refractivity contribution in [3.63, 3.8) is 0 Å². The number of aliphatic imine (C=N–C) groups is 3. The summed E-state index contributed by atoms with van der Waals surface area (Å²) in [4.78, 5) is 101. The molecule has 2 aliphatic carbocycles. The zero-order valence-corrected chi connectivity index (χ0v) is 78.3. The number of carbonyl (C=O) groups excluding carboxylic acids is 5. The quantitative estimate of drug-likeness (QED) is 0.0507. The number of piperazine rings is 2. The summed E-state index contributed by atoms with van der Waals surface area (Å²) in [5.41, 5.74) is 29.3. The van der Waals surface area contributed by atoms with Crippen LogP contribution in [0.1, 0.15) is 207 Å². The number of aromatic nitrogens is 2. The number of anilines is 4. The van der Waals surface area contributed by atoms with E-state index in [0.29, 0.717) is 17.2 Å². The third kappa shape index (κ3) is 18.1. The molecule has 10 heterocycles. The maximum Gasteiger partial charge on any atom is 0.272 e. The highest BCUT2D eigenvalue weighted by Crippen LogP contribution is 2.52. The molecule has 20 nitrogen and oxygen atoms in total. The Morgan fingerprint density at radius 1 is 0.377 bits per heavy atom. The normalized spacial score (nSPS) is 20.6. The maximum absolute atomic E-state index is 12.8. The third-order valence-electron chi connectivity index (χ3n) is 29.1. The van der Waals surface area contributed by atoms with Crippen LogP contribution in [0.15, 0.2) is 330 Å². The highest BCUT2D eigenvalue weighted by Gasteiger charge is 2.45. The predicted molar refractivity (Wildman–Crippen MR) is 551 cm³/mol. The molecule has 12 aromatic carbocycles. The van der Waals surface area contributed by atoms with E-state index in [1.54, 1.807) is 0 Å². The number of nitrogens with zero attached hydrogens (tertiary/aromatic N) is 9. The van der Waals surface area contributed by atoms with Crippen LogP contribution in [-0.4, -0.2) is 167 Å². The molecule has 138 heavy (non-hydrogen) atoms. The molecule has 13 aromatic rings. The average Bonchev–Trinajstić information content (AvgIpc) is 0.979. The van der Waals surface area contributed by atoms with E-state index in [1.807, 2.05) is 94.7 Å². The Kier molecular flexibility index (Phi) is 25.3. The summed E-state index contributed by atoms with van der Waals surface area (Å²) in [5, 5.41) is 23.9. The number of Topliss-reactive ketones (excluding diaryl/α,β-unsaturated/α-hetero) is 3. The second-order valence-corrected chi connectivity index (χ2v) is 38.5. The first kappa shape index (κ1) is 89.5. The second-order valence-electron chi connectivity index (χ2n) is 38.5. The molecular weight excluding hydrogens is 1710 g/mol. The lowest BCUT2D eigenvalue weighted by molar-refractivity contribution is -0.134. The first-order valence-corrected chi connectivity index (χ1v) is 48.9. The van der Waals surface area contributed by atoms with Gasteiger partial charge in [0.1, 0.15) is 19.6 Å². The summed E-state index contributed by atoms with van der Waals surface area (Å²) >= 11 is 0. The van der Waals surface area contributed by atoms with Gasteiger partial charge in [-0.15, -0.1) is 0 Å². The fraction of sp³-hybridized carbons (Fsp3) is 0.271. The van der Waals surface area contributed by atoms with E-state index in [4.69, 9.17) is 15.0 Å². The van der Waals surface area contributed by atoms with Gasteiger partial charge in [0.25, 0.3) is 5.56 Å². The SMILES string of the molecule is C=C(Cc1cccc(C2C3=NCC(=O)c4cccc(c43)NC2c2ccccc2)c1)N1CCN(C(=O)C2CC2)CC1.C=C(c1cccc(C2C3=NCC(=O)c4cccc(c43)NC2c2ccccc2)c1)N1CCN(C(=O)C2CC2)CC1.CCCc1cccc(C2Nc3cccc4c(=O)[nH]nc(c34)C2c2ccccc2)c1.CN(C)Cc1cccc(C2C3=NCC(=O)c4cccc(c43)NC2c2ccccc2)c1. The van der Waals surface area contributed by atoms with Crippen molar-refractivity contribution in [2.45, 2.75) is 106 Å². The molecule has 24 rings (SSSR count). The molecule has 9 aliphatic heterocycles. The van der Waals surface area contributed by atoms with Crippen molar-refractivity contribution in [3.05, 3.63) is 426 Å². The van der Waals surface area contributed by atoms with Crippen molar-refractivity contribution in [1.82, 2.24) is 34.7 Å². The fourth-order valence-electron chi connectivity index (χ4n) is 22.1. The number of nitrogens with one attached hydrogen (secondary N) is 5. The van der Waals surface area contributed by atoms with Crippen LogP contribution < -0.4 is 26.8 Å². The van der Waals surface area contributed by atoms with Crippen molar-refractivity contribution in [2.24, 2.45) is 26.8 Å². The molecule has 0 spiro atoms. The molecule has 2 saturated carbocycles. The number of rotatable bonds is 19. The van der Waals surface area contributed by atoms with Gasteiger partial charge in [-0.3, -0.25) is 43.7 Å². The van der Waals surface area contributed by atoms with E-state index >= 15 is 0 Å². The van der Waals surface area contributed by atoms with E-state index in [2.05, 4.69) is 287 Å². The Balaban J connectivity index is 0.000000111. The molecule has 2 saturated heterocycles. The smallest absolute Gasteiger partial charge is 0.272 e. The number of aryl methyl sites for hydroxylation is 1. The van der Waals surface area contributed by atoms with Gasteiger partial charge in [0.2, 0.25) is 11.8 Å². The fourth-order valence-corrected chi connectivity index (χ4v) is 22.1. The Labute approximate surface area is 805 Å². The van der Waals surface area contributed by atoms with Crippen molar-refractivity contribution < 1.29 is 24.0 Å². The molecule has 11 aliphatic rings. The number of hydrogen-bond donors (Lipinski definition) is 5. The lowest BCUT2D eigenvalue weighted by Crippen LogP contribution is -2.48. The largest absolute Gasteiger partial charge is 0.377 e. The molecule has 1 aromatic heterocycles. The Morgan fingerprint density at radius 3 is 1.21 bits per heavy atom. The van der Waals surface area contributed by atoms with Crippen LogP contribution in [0.25, 0.3) is 16.5 Å². The van der Waals surface area contributed by atoms with Gasteiger partial charge < -0.3 is 45.8 Å².